The molecule has 0 aromatic rings. The third kappa shape index (κ3) is 2.21. The molecule has 1 saturated heterocycles. The van der Waals surface area contributed by atoms with Gasteiger partial charge < -0.3 is 4.74 Å². The summed E-state index contributed by atoms with van der Waals surface area (Å²) >= 11 is 0. The lowest BCUT2D eigenvalue weighted by Crippen LogP contribution is -2.35. The van der Waals surface area contributed by atoms with Crippen molar-refractivity contribution < 1.29 is 13.2 Å². The third-order valence-corrected chi connectivity index (χ3v) is 4.64. The summed E-state index contributed by atoms with van der Waals surface area (Å²) in [5, 5.41) is -0.330. The molecule has 13 heavy (non-hydrogen) atoms. The molecule has 0 N–H and O–H groups in total. The van der Waals surface area contributed by atoms with Gasteiger partial charge in [0.2, 0.25) is 10.0 Å². The lowest BCUT2D eigenvalue weighted by atomic mass is 10.3. The zero-order chi connectivity index (χ0) is 10.1. The Balaban J connectivity index is 2.66. The first kappa shape index (κ1) is 10.9. The highest BCUT2D eigenvalue weighted by molar-refractivity contribution is 7.89. The molecule has 1 rings (SSSR count). The van der Waals surface area contributed by atoms with Gasteiger partial charge in [-0.3, -0.25) is 0 Å². The van der Waals surface area contributed by atoms with E-state index in [2.05, 4.69) is 0 Å². The second-order valence-corrected chi connectivity index (χ2v) is 6.09. The van der Waals surface area contributed by atoms with E-state index in [9.17, 15) is 8.42 Å². The van der Waals surface area contributed by atoms with Gasteiger partial charge >= 0.3 is 0 Å². The lowest BCUT2D eigenvalue weighted by Gasteiger charge is -2.18. The Hall–Kier alpha value is -0.130. The maximum atomic E-state index is 11.7. The Kier molecular flexibility index (Phi) is 3.32. The molecular weight excluding hydrogens is 190 g/mol. The number of ether oxygens (including phenoxy) is 1. The number of hydrogen-bond acceptors (Lipinski definition) is 3. The average Bonchev–Trinajstić information content (AvgIpc) is 2.51. The molecule has 1 aliphatic heterocycles. The van der Waals surface area contributed by atoms with Gasteiger partial charge in [-0.05, 0) is 20.3 Å². The van der Waals surface area contributed by atoms with Crippen molar-refractivity contribution in [1.82, 2.24) is 4.31 Å². The van der Waals surface area contributed by atoms with E-state index >= 15 is 0 Å². The maximum Gasteiger partial charge on any atom is 0.216 e. The van der Waals surface area contributed by atoms with Gasteiger partial charge in [0, 0.05) is 20.2 Å². The molecule has 4 nitrogen and oxygen atoms in total. The summed E-state index contributed by atoms with van der Waals surface area (Å²) in [6, 6.07) is 0. The number of methoxy groups -OCH3 is 1. The zero-order valence-electron chi connectivity index (χ0n) is 8.36. The highest BCUT2D eigenvalue weighted by Crippen LogP contribution is 2.18. The second kappa shape index (κ2) is 3.94. The largest absolute Gasteiger partial charge is 0.380 e. The molecule has 0 aromatic carbocycles. The molecule has 0 saturated carbocycles. The smallest absolute Gasteiger partial charge is 0.216 e. The van der Waals surface area contributed by atoms with Gasteiger partial charge in [-0.1, -0.05) is 0 Å². The fourth-order valence-electron chi connectivity index (χ4n) is 1.42. The van der Waals surface area contributed by atoms with Gasteiger partial charge in [0.1, 0.15) is 0 Å². The molecule has 1 fully saturated rings. The SMILES string of the molecule is CO[C@@H]1CCN(S(=O)(=O)C(C)C)C1. The van der Waals surface area contributed by atoms with Crippen LogP contribution in [0.5, 0.6) is 0 Å². The molecule has 0 radical (unpaired) electrons. The average molecular weight is 207 g/mol. The van der Waals surface area contributed by atoms with Gasteiger partial charge in [0.05, 0.1) is 11.4 Å². The van der Waals surface area contributed by atoms with Crippen molar-refractivity contribution in [3.05, 3.63) is 0 Å². The predicted octanol–water partition coefficient (Wildman–Crippen LogP) is 0.445. The highest BCUT2D eigenvalue weighted by atomic mass is 32.2. The summed E-state index contributed by atoms with van der Waals surface area (Å²) < 4.78 is 30.0. The summed E-state index contributed by atoms with van der Waals surface area (Å²) in [6.07, 6.45) is 0.885. The number of rotatable bonds is 3. The fourth-order valence-corrected chi connectivity index (χ4v) is 2.75. The van der Waals surface area contributed by atoms with Gasteiger partial charge in [0.15, 0.2) is 0 Å². The van der Waals surface area contributed by atoms with E-state index in [0.717, 1.165) is 6.42 Å². The Morgan fingerprint density at radius 3 is 2.46 bits per heavy atom. The Morgan fingerprint density at radius 1 is 1.46 bits per heavy atom. The van der Waals surface area contributed by atoms with Crippen LogP contribution in [-0.4, -0.2) is 44.3 Å². The molecule has 1 aliphatic rings. The van der Waals surface area contributed by atoms with Crippen molar-refractivity contribution in [3.63, 3.8) is 0 Å². The molecular formula is C8H17NO3S. The molecule has 5 heteroatoms. The van der Waals surface area contributed by atoms with Crippen molar-refractivity contribution >= 4 is 10.0 Å². The van der Waals surface area contributed by atoms with Crippen LogP contribution in [0, 0.1) is 0 Å². The van der Waals surface area contributed by atoms with Gasteiger partial charge in [0.25, 0.3) is 0 Å². The van der Waals surface area contributed by atoms with Crippen LogP contribution in [0.4, 0.5) is 0 Å². The summed E-state index contributed by atoms with van der Waals surface area (Å²) in [4.78, 5) is 0. The first-order chi connectivity index (χ1) is 5.98. The topological polar surface area (TPSA) is 46.6 Å². The minimum absolute atomic E-state index is 0.0773. The van der Waals surface area contributed by atoms with Gasteiger partial charge in [-0.25, -0.2) is 8.42 Å². The molecule has 0 amide bonds. The van der Waals surface area contributed by atoms with Crippen molar-refractivity contribution in [2.45, 2.75) is 31.6 Å². The Bertz CT molecular complexity index is 261. The molecule has 0 aromatic heterocycles. The minimum atomic E-state index is -3.07. The third-order valence-electron chi connectivity index (χ3n) is 2.40. The molecule has 0 unspecified atom stereocenters. The van der Waals surface area contributed by atoms with E-state index in [1.807, 2.05) is 0 Å². The zero-order valence-corrected chi connectivity index (χ0v) is 9.17. The van der Waals surface area contributed by atoms with Crippen LogP contribution in [0.1, 0.15) is 20.3 Å². The van der Waals surface area contributed by atoms with Crippen molar-refractivity contribution in [2.75, 3.05) is 20.2 Å². The van der Waals surface area contributed by atoms with Crippen molar-refractivity contribution in [3.8, 4) is 0 Å². The monoisotopic (exact) mass is 207 g/mol. The Labute approximate surface area is 79.9 Å². The molecule has 0 bridgehead atoms. The van der Waals surface area contributed by atoms with E-state index in [-0.39, 0.29) is 11.4 Å². The van der Waals surface area contributed by atoms with E-state index in [0.29, 0.717) is 13.1 Å². The van der Waals surface area contributed by atoms with E-state index < -0.39 is 10.0 Å². The number of hydrogen-bond donors (Lipinski definition) is 0. The van der Waals surface area contributed by atoms with E-state index in [4.69, 9.17) is 4.74 Å². The van der Waals surface area contributed by atoms with Crippen LogP contribution in [0.25, 0.3) is 0 Å². The summed E-state index contributed by atoms with van der Waals surface area (Å²) in [5.41, 5.74) is 0. The normalized spacial score (nSPS) is 25.7. The van der Waals surface area contributed by atoms with Crippen LogP contribution in [0.3, 0.4) is 0 Å². The molecule has 78 valence electrons. The fraction of sp³-hybridized carbons (Fsp3) is 1.00. The maximum absolute atomic E-state index is 11.7. The molecule has 1 atom stereocenters. The molecule has 0 spiro atoms. The van der Waals surface area contributed by atoms with Crippen molar-refractivity contribution in [1.29, 1.82) is 0 Å². The first-order valence-electron chi connectivity index (χ1n) is 4.50. The molecule has 0 aliphatic carbocycles. The van der Waals surface area contributed by atoms with Crippen LogP contribution >= 0.6 is 0 Å². The quantitative estimate of drug-likeness (QED) is 0.675. The van der Waals surface area contributed by atoms with Gasteiger partial charge in [-0.2, -0.15) is 4.31 Å². The number of nitrogens with zero attached hydrogens (tertiary/aromatic N) is 1. The van der Waals surface area contributed by atoms with Crippen LogP contribution < -0.4 is 0 Å². The van der Waals surface area contributed by atoms with Gasteiger partial charge in [-0.15, -0.1) is 0 Å². The Morgan fingerprint density at radius 2 is 2.08 bits per heavy atom. The standard InChI is InChI=1S/C8H17NO3S/c1-7(2)13(10,11)9-5-4-8(6-9)12-3/h7-8H,4-6H2,1-3H3/t8-/m1/s1. The van der Waals surface area contributed by atoms with Crippen LogP contribution in [-0.2, 0) is 14.8 Å². The van der Waals surface area contributed by atoms with E-state index in [1.54, 1.807) is 21.0 Å². The van der Waals surface area contributed by atoms with Crippen molar-refractivity contribution in [2.24, 2.45) is 0 Å². The highest BCUT2D eigenvalue weighted by Gasteiger charge is 2.32. The first-order valence-corrected chi connectivity index (χ1v) is 6.00. The predicted molar refractivity (Wildman–Crippen MR) is 51.0 cm³/mol. The number of sulfonamides is 1. The summed E-state index contributed by atoms with van der Waals surface area (Å²) in [6.45, 7) is 4.51. The summed E-state index contributed by atoms with van der Waals surface area (Å²) in [5.74, 6) is 0. The minimum Gasteiger partial charge on any atom is -0.380 e. The van der Waals surface area contributed by atoms with Crippen LogP contribution in [0.15, 0.2) is 0 Å². The lowest BCUT2D eigenvalue weighted by molar-refractivity contribution is 0.115. The summed E-state index contributed by atoms with van der Waals surface area (Å²) in [7, 11) is -1.45. The van der Waals surface area contributed by atoms with Crippen LogP contribution in [0.2, 0.25) is 0 Å². The molecule has 1 heterocycles. The second-order valence-electron chi connectivity index (χ2n) is 3.60. The van der Waals surface area contributed by atoms with E-state index in [1.165, 1.54) is 4.31 Å².